The third kappa shape index (κ3) is 1.35. The van der Waals surface area contributed by atoms with E-state index in [2.05, 4.69) is 10.2 Å². The number of nitrogen functional groups attached to an aromatic ring is 1. The summed E-state index contributed by atoms with van der Waals surface area (Å²) in [6.07, 6.45) is 0. The van der Waals surface area contributed by atoms with E-state index in [-0.39, 0.29) is 0 Å². The van der Waals surface area contributed by atoms with Gasteiger partial charge in [0.1, 0.15) is 5.69 Å². The van der Waals surface area contributed by atoms with Crippen molar-refractivity contribution in [2.24, 2.45) is 0 Å². The van der Waals surface area contributed by atoms with Gasteiger partial charge in [-0.25, -0.2) is 0 Å². The summed E-state index contributed by atoms with van der Waals surface area (Å²) in [6, 6.07) is 12.0. The van der Waals surface area contributed by atoms with E-state index in [9.17, 15) is 0 Å². The molecule has 0 bridgehead atoms. The van der Waals surface area contributed by atoms with Crippen LogP contribution in [0.2, 0.25) is 0 Å². The summed E-state index contributed by atoms with van der Waals surface area (Å²) < 4.78 is 0. The van der Waals surface area contributed by atoms with Crippen molar-refractivity contribution < 1.29 is 0 Å². The first-order valence-electron chi connectivity index (χ1n) is 4.91. The molecule has 2 N–H and O–H groups in total. The molecule has 2 aromatic heterocycles. The molecule has 0 aliphatic carbocycles. The highest BCUT2D eigenvalue weighted by Crippen LogP contribution is 2.30. The molecule has 0 saturated carbocycles. The highest BCUT2D eigenvalue weighted by Gasteiger charge is 2.08. The molecule has 3 rings (SSSR count). The Bertz CT molecular complexity index is 632. The molecule has 0 unspecified atom stereocenters. The molecule has 16 heavy (non-hydrogen) atoms. The van der Waals surface area contributed by atoms with Gasteiger partial charge >= 0.3 is 0 Å². The van der Waals surface area contributed by atoms with Crippen LogP contribution in [0.3, 0.4) is 0 Å². The molecule has 0 aliphatic rings. The zero-order valence-electron chi connectivity index (χ0n) is 8.42. The average molecular weight is 227 g/mol. The van der Waals surface area contributed by atoms with E-state index in [0.717, 1.165) is 21.3 Å². The van der Waals surface area contributed by atoms with Gasteiger partial charge < -0.3 is 5.73 Å². The zero-order valence-corrected chi connectivity index (χ0v) is 9.24. The number of anilines is 1. The van der Waals surface area contributed by atoms with Gasteiger partial charge in [0.25, 0.3) is 0 Å². The van der Waals surface area contributed by atoms with E-state index >= 15 is 0 Å². The van der Waals surface area contributed by atoms with Crippen molar-refractivity contribution in [2.45, 2.75) is 0 Å². The number of hydrogen-bond acceptors (Lipinski definition) is 4. The number of hydrogen-bond donors (Lipinski definition) is 1. The van der Waals surface area contributed by atoms with Gasteiger partial charge in [-0.15, -0.1) is 21.5 Å². The van der Waals surface area contributed by atoms with Gasteiger partial charge in [0, 0.05) is 10.8 Å². The third-order valence-electron chi connectivity index (χ3n) is 2.47. The van der Waals surface area contributed by atoms with Crippen molar-refractivity contribution in [3.8, 4) is 10.6 Å². The Morgan fingerprint density at radius 2 is 1.75 bits per heavy atom. The first kappa shape index (κ1) is 9.30. The number of nitrogens with two attached hydrogens (primary N) is 1. The second kappa shape index (κ2) is 3.57. The summed E-state index contributed by atoms with van der Waals surface area (Å²) in [5.74, 6) is 0.482. The molecule has 78 valence electrons. The van der Waals surface area contributed by atoms with Gasteiger partial charge in [-0.3, -0.25) is 0 Å². The lowest BCUT2D eigenvalue weighted by molar-refractivity contribution is 1.07. The smallest absolute Gasteiger partial charge is 0.154 e. The second-order valence-electron chi connectivity index (χ2n) is 3.46. The second-order valence-corrected chi connectivity index (χ2v) is 4.40. The number of thiophene rings is 1. The molecule has 0 fully saturated rings. The number of fused-ring (bicyclic) bond motifs is 1. The summed E-state index contributed by atoms with van der Waals surface area (Å²) in [5, 5.41) is 12.2. The predicted molar refractivity (Wildman–Crippen MR) is 67.3 cm³/mol. The van der Waals surface area contributed by atoms with Crippen LogP contribution in [0.5, 0.6) is 0 Å². The van der Waals surface area contributed by atoms with Crippen LogP contribution in [0.25, 0.3) is 21.3 Å². The van der Waals surface area contributed by atoms with Gasteiger partial charge in [-0.05, 0) is 11.4 Å². The number of rotatable bonds is 1. The van der Waals surface area contributed by atoms with Crippen LogP contribution in [0.15, 0.2) is 41.8 Å². The largest absolute Gasteiger partial charge is 0.382 e. The average Bonchev–Trinajstić information content (AvgIpc) is 2.83. The fourth-order valence-electron chi connectivity index (χ4n) is 1.72. The van der Waals surface area contributed by atoms with E-state index in [1.54, 1.807) is 11.3 Å². The van der Waals surface area contributed by atoms with Crippen molar-refractivity contribution in [3.05, 3.63) is 41.8 Å². The summed E-state index contributed by atoms with van der Waals surface area (Å²) in [6.45, 7) is 0. The molecule has 0 aliphatic heterocycles. The zero-order chi connectivity index (χ0) is 11.0. The molecular formula is C12H9N3S. The molecule has 0 spiro atoms. The van der Waals surface area contributed by atoms with E-state index in [1.807, 2.05) is 41.8 Å². The van der Waals surface area contributed by atoms with Crippen LogP contribution < -0.4 is 5.73 Å². The molecule has 3 nitrogen and oxygen atoms in total. The lowest BCUT2D eigenvalue weighted by Crippen LogP contribution is -1.96. The predicted octanol–water partition coefficient (Wildman–Crippen LogP) is 2.94. The van der Waals surface area contributed by atoms with Crippen molar-refractivity contribution in [1.82, 2.24) is 10.2 Å². The highest BCUT2D eigenvalue weighted by atomic mass is 32.1. The van der Waals surface area contributed by atoms with Gasteiger partial charge in [0.05, 0.1) is 4.88 Å². The first-order chi connectivity index (χ1) is 7.86. The van der Waals surface area contributed by atoms with E-state index in [4.69, 9.17) is 5.73 Å². The van der Waals surface area contributed by atoms with E-state index in [0.29, 0.717) is 5.82 Å². The number of nitrogens with zero attached hydrogens (tertiary/aromatic N) is 2. The Labute approximate surface area is 96.6 Å². The molecule has 0 amide bonds. The minimum Gasteiger partial charge on any atom is -0.382 e. The van der Waals surface area contributed by atoms with Crippen LogP contribution in [-0.4, -0.2) is 10.2 Å². The Morgan fingerprint density at radius 3 is 2.50 bits per heavy atom. The molecular weight excluding hydrogens is 218 g/mol. The fourth-order valence-corrected chi connectivity index (χ4v) is 2.44. The topological polar surface area (TPSA) is 51.8 Å². The molecule has 3 aromatic rings. The molecule has 2 heterocycles. The summed E-state index contributed by atoms with van der Waals surface area (Å²) in [5.41, 5.74) is 6.71. The minimum atomic E-state index is 0.482. The van der Waals surface area contributed by atoms with Crippen LogP contribution >= 0.6 is 11.3 Å². The van der Waals surface area contributed by atoms with Crippen molar-refractivity contribution >= 4 is 27.9 Å². The molecule has 0 saturated heterocycles. The summed E-state index contributed by atoms with van der Waals surface area (Å²) in [7, 11) is 0. The standard InChI is InChI=1S/C12H9N3S/c13-12-9-5-2-1-4-8(9)11(14-15-12)10-6-3-7-16-10/h1-7H,(H2,13,15). The normalized spacial score (nSPS) is 10.8. The molecule has 0 atom stereocenters. The Hall–Kier alpha value is -1.94. The van der Waals surface area contributed by atoms with Crippen molar-refractivity contribution in [3.63, 3.8) is 0 Å². The third-order valence-corrected chi connectivity index (χ3v) is 3.35. The Morgan fingerprint density at radius 1 is 0.938 bits per heavy atom. The van der Waals surface area contributed by atoms with Gasteiger partial charge in [-0.1, -0.05) is 30.3 Å². The highest BCUT2D eigenvalue weighted by molar-refractivity contribution is 7.13. The van der Waals surface area contributed by atoms with Crippen LogP contribution in [0.1, 0.15) is 0 Å². The summed E-state index contributed by atoms with van der Waals surface area (Å²) >= 11 is 1.65. The van der Waals surface area contributed by atoms with E-state index in [1.165, 1.54) is 0 Å². The monoisotopic (exact) mass is 227 g/mol. The maximum Gasteiger partial charge on any atom is 0.154 e. The SMILES string of the molecule is Nc1nnc(-c2cccs2)c2ccccc12. The van der Waals surface area contributed by atoms with Crippen LogP contribution in [0, 0.1) is 0 Å². The molecule has 1 aromatic carbocycles. The maximum atomic E-state index is 5.81. The van der Waals surface area contributed by atoms with Gasteiger partial charge in [0.2, 0.25) is 0 Å². The minimum absolute atomic E-state index is 0.482. The van der Waals surface area contributed by atoms with Crippen LogP contribution in [-0.2, 0) is 0 Å². The quantitative estimate of drug-likeness (QED) is 0.695. The van der Waals surface area contributed by atoms with Crippen LogP contribution in [0.4, 0.5) is 5.82 Å². The Kier molecular flexibility index (Phi) is 2.08. The van der Waals surface area contributed by atoms with Gasteiger partial charge in [0.15, 0.2) is 5.82 Å². The lowest BCUT2D eigenvalue weighted by Gasteiger charge is -2.04. The van der Waals surface area contributed by atoms with Gasteiger partial charge in [-0.2, -0.15) is 0 Å². The Balaban J connectivity index is 2.39. The molecule has 4 heteroatoms. The number of benzene rings is 1. The molecule has 0 radical (unpaired) electrons. The number of aromatic nitrogens is 2. The maximum absolute atomic E-state index is 5.81. The van der Waals surface area contributed by atoms with Crippen molar-refractivity contribution in [1.29, 1.82) is 0 Å². The lowest BCUT2D eigenvalue weighted by atomic mass is 10.1. The van der Waals surface area contributed by atoms with Crippen molar-refractivity contribution in [2.75, 3.05) is 5.73 Å². The first-order valence-corrected chi connectivity index (χ1v) is 5.79. The summed E-state index contributed by atoms with van der Waals surface area (Å²) in [4.78, 5) is 1.11. The fraction of sp³-hybridized carbons (Fsp3) is 0. The van der Waals surface area contributed by atoms with E-state index < -0.39 is 0 Å².